The Balaban J connectivity index is 1.63. The summed E-state index contributed by atoms with van der Waals surface area (Å²) in [6, 6.07) is 7.88. The second-order valence-electron chi connectivity index (χ2n) is 5.35. The molecule has 0 spiro atoms. The predicted molar refractivity (Wildman–Crippen MR) is 85.9 cm³/mol. The number of benzene rings is 1. The fourth-order valence-corrected chi connectivity index (χ4v) is 2.75. The Morgan fingerprint density at radius 2 is 1.95 bits per heavy atom. The van der Waals surface area contributed by atoms with Crippen LogP contribution in [0.3, 0.4) is 0 Å². The zero-order valence-corrected chi connectivity index (χ0v) is 12.9. The van der Waals surface area contributed by atoms with Crippen LogP contribution >= 0.6 is 11.6 Å². The van der Waals surface area contributed by atoms with Gasteiger partial charge in [0.2, 0.25) is 0 Å². The summed E-state index contributed by atoms with van der Waals surface area (Å²) in [7, 11) is 0. The first-order chi connectivity index (χ1) is 10.7. The van der Waals surface area contributed by atoms with Crippen LogP contribution < -0.4 is 5.32 Å². The van der Waals surface area contributed by atoms with Crippen molar-refractivity contribution in [3.63, 3.8) is 0 Å². The van der Waals surface area contributed by atoms with Crippen LogP contribution in [0.1, 0.15) is 28.9 Å². The minimum absolute atomic E-state index is 0.179. The summed E-state index contributed by atoms with van der Waals surface area (Å²) >= 11 is 5.91. The van der Waals surface area contributed by atoms with Gasteiger partial charge in [0.15, 0.2) is 0 Å². The lowest BCUT2D eigenvalue weighted by Crippen LogP contribution is -2.18. The molecule has 5 nitrogen and oxygen atoms in total. The highest BCUT2D eigenvalue weighted by Crippen LogP contribution is 2.17. The fraction of sp³-hybridized carbons (Fsp3) is 0.312. The van der Waals surface area contributed by atoms with Crippen LogP contribution in [-0.2, 0) is 6.54 Å². The lowest BCUT2D eigenvalue weighted by atomic mass is 10.2. The second-order valence-corrected chi connectivity index (χ2v) is 5.76. The Labute approximate surface area is 134 Å². The standard InChI is InChI=1S/C16H17ClN4O/c17-14-9-18-11-19-15(14)16(22)20-13-5-3-12(4-6-13)10-21-7-1-2-8-21/h3-6,9,11H,1-2,7-8,10H2,(H,20,22). The van der Waals surface area contributed by atoms with Gasteiger partial charge in [-0.2, -0.15) is 0 Å². The largest absolute Gasteiger partial charge is 0.321 e. The number of carbonyl (C=O) groups is 1. The van der Waals surface area contributed by atoms with Crippen LogP contribution in [0.25, 0.3) is 0 Å². The molecule has 1 aromatic carbocycles. The van der Waals surface area contributed by atoms with Crippen molar-refractivity contribution in [2.75, 3.05) is 18.4 Å². The Kier molecular flexibility index (Phi) is 4.65. The van der Waals surface area contributed by atoms with Gasteiger partial charge in [-0.15, -0.1) is 0 Å². The van der Waals surface area contributed by atoms with Crippen molar-refractivity contribution >= 4 is 23.2 Å². The smallest absolute Gasteiger partial charge is 0.275 e. The van der Waals surface area contributed by atoms with Gasteiger partial charge >= 0.3 is 0 Å². The van der Waals surface area contributed by atoms with Crippen molar-refractivity contribution in [3.05, 3.63) is 53.1 Å². The first-order valence-corrected chi connectivity index (χ1v) is 7.68. The van der Waals surface area contributed by atoms with Crippen molar-refractivity contribution in [2.45, 2.75) is 19.4 Å². The Hall–Kier alpha value is -1.98. The molecule has 3 rings (SSSR count). The molecule has 0 atom stereocenters. The molecule has 22 heavy (non-hydrogen) atoms. The molecule has 0 aliphatic carbocycles. The molecule has 1 fully saturated rings. The highest BCUT2D eigenvalue weighted by molar-refractivity contribution is 6.33. The highest BCUT2D eigenvalue weighted by atomic mass is 35.5. The van der Waals surface area contributed by atoms with Gasteiger partial charge in [0, 0.05) is 18.4 Å². The third-order valence-corrected chi connectivity index (χ3v) is 3.98. The van der Waals surface area contributed by atoms with E-state index in [1.54, 1.807) is 0 Å². The van der Waals surface area contributed by atoms with Crippen molar-refractivity contribution in [3.8, 4) is 0 Å². The number of anilines is 1. The van der Waals surface area contributed by atoms with Gasteiger partial charge in [-0.25, -0.2) is 9.97 Å². The summed E-state index contributed by atoms with van der Waals surface area (Å²) in [4.78, 5) is 22.2. The average Bonchev–Trinajstić information content (AvgIpc) is 3.02. The van der Waals surface area contributed by atoms with E-state index < -0.39 is 0 Å². The number of hydrogen-bond acceptors (Lipinski definition) is 4. The molecule has 1 amide bonds. The van der Waals surface area contributed by atoms with E-state index in [0.29, 0.717) is 0 Å². The summed E-state index contributed by atoms with van der Waals surface area (Å²) in [5.41, 5.74) is 2.16. The SMILES string of the molecule is O=C(Nc1ccc(CN2CCCC2)cc1)c1ncncc1Cl. The maximum absolute atomic E-state index is 12.1. The molecule has 0 bridgehead atoms. The quantitative estimate of drug-likeness (QED) is 0.942. The maximum atomic E-state index is 12.1. The normalized spacial score (nSPS) is 15.0. The molecule has 6 heteroatoms. The van der Waals surface area contributed by atoms with Gasteiger partial charge in [0.1, 0.15) is 12.0 Å². The summed E-state index contributed by atoms with van der Waals surface area (Å²) in [6.07, 6.45) is 5.28. The molecular weight excluding hydrogens is 300 g/mol. The van der Waals surface area contributed by atoms with Gasteiger partial charge in [0.05, 0.1) is 5.02 Å². The number of rotatable bonds is 4. The Bertz CT molecular complexity index is 653. The van der Waals surface area contributed by atoms with Crippen molar-refractivity contribution in [1.29, 1.82) is 0 Å². The van der Waals surface area contributed by atoms with Crippen molar-refractivity contribution in [1.82, 2.24) is 14.9 Å². The molecule has 0 unspecified atom stereocenters. The molecular formula is C16H17ClN4O. The van der Waals surface area contributed by atoms with Gasteiger partial charge in [-0.1, -0.05) is 23.7 Å². The fourth-order valence-electron chi connectivity index (χ4n) is 2.56. The van der Waals surface area contributed by atoms with E-state index in [9.17, 15) is 4.79 Å². The topological polar surface area (TPSA) is 58.1 Å². The van der Waals surface area contributed by atoms with E-state index in [2.05, 4.69) is 20.2 Å². The molecule has 0 radical (unpaired) electrons. The van der Waals surface area contributed by atoms with Crippen LogP contribution in [-0.4, -0.2) is 33.9 Å². The first kappa shape index (κ1) is 14.9. The second kappa shape index (κ2) is 6.85. The van der Waals surface area contributed by atoms with Crippen molar-refractivity contribution in [2.24, 2.45) is 0 Å². The zero-order valence-electron chi connectivity index (χ0n) is 12.1. The lowest BCUT2D eigenvalue weighted by molar-refractivity contribution is 0.102. The van der Waals surface area contributed by atoms with E-state index in [-0.39, 0.29) is 16.6 Å². The number of nitrogens with one attached hydrogen (secondary N) is 1. The number of amides is 1. The van der Waals surface area contributed by atoms with Crippen LogP contribution in [0.15, 0.2) is 36.8 Å². The van der Waals surface area contributed by atoms with E-state index >= 15 is 0 Å². The monoisotopic (exact) mass is 316 g/mol. The predicted octanol–water partition coefficient (Wildman–Crippen LogP) is 2.98. The van der Waals surface area contributed by atoms with E-state index in [1.807, 2.05) is 24.3 Å². The number of halogens is 1. The van der Waals surface area contributed by atoms with Crippen LogP contribution in [0.4, 0.5) is 5.69 Å². The van der Waals surface area contributed by atoms with Crippen LogP contribution in [0.2, 0.25) is 5.02 Å². The molecule has 114 valence electrons. The molecule has 1 saturated heterocycles. The van der Waals surface area contributed by atoms with Crippen LogP contribution in [0.5, 0.6) is 0 Å². The highest BCUT2D eigenvalue weighted by Gasteiger charge is 2.13. The molecule has 2 aromatic rings. The summed E-state index contributed by atoms with van der Waals surface area (Å²) in [6.45, 7) is 3.31. The number of aromatic nitrogens is 2. The number of hydrogen-bond donors (Lipinski definition) is 1. The molecule has 1 aromatic heterocycles. The summed E-state index contributed by atoms with van der Waals surface area (Å²) in [5.74, 6) is -0.334. The van der Waals surface area contributed by atoms with E-state index in [0.717, 1.165) is 12.2 Å². The molecule has 0 saturated carbocycles. The van der Waals surface area contributed by atoms with Crippen LogP contribution in [0, 0.1) is 0 Å². The third kappa shape index (κ3) is 3.61. The Morgan fingerprint density at radius 1 is 1.23 bits per heavy atom. The first-order valence-electron chi connectivity index (χ1n) is 7.30. The number of nitrogens with zero attached hydrogens (tertiary/aromatic N) is 3. The van der Waals surface area contributed by atoms with E-state index in [4.69, 9.17) is 11.6 Å². The van der Waals surface area contributed by atoms with Crippen molar-refractivity contribution < 1.29 is 4.79 Å². The Morgan fingerprint density at radius 3 is 2.64 bits per heavy atom. The molecule has 1 N–H and O–H groups in total. The molecule has 1 aliphatic rings. The number of likely N-dealkylation sites (tertiary alicyclic amines) is 1. The molecule has 2 heterocycles. The van der Waals surface area contributed by atoms with Gasteiger partial charge in [0.25, 0.3) is 5.91 Å². The zero-order chi connectivity index (χ0) is 15.4. The minimum Gasteiger partial charge on any atom is -0.321 e. The summed E-state index contributed by atoms with van der Waals surface area (Å²) < 4.78 is 0. The minimum atomic E-state index is -0.334. The molecule has 1 aliphatic heterocycles. The van der Waals surface area contributed by atoms with Gasteiger partial charge < -0.3 is 5.32 Å². The maximum Gasteiger partial charge on any atom is 0.275 e. The van der Waals surface area contributed by atoms with Gasteiger partial charge in [-0.3, -0.25) is 9.69 Å². The van der Waals surface area contributed by atoms with Gasteiger partial charge in [-0.05, 0) is 43.6 Å². The summed E-state index contributed by atoms with van der Waals surface area (Å²) in [5, 5.41) is 3.03. The lowest BCUT2D eigenvalue weighted by Gasteiger charge is -2.14. The number of carbonyl (C=O) groups excluding carboxylic acids is 1. The average molecular weight is 317 g/mol. The van der Waals surface area contributed by atoms with E-state index in [1.165, 1.54) is 44.0 Å². The third-order valence-electron chi connectivity index (χ3n) is 3.70.